The zero-order valence-electron chi connectivity index (χ0n) is 8.18. The molecule has 4 heteroatoms. The van der Waals surface area contributed by atoms with E-state index < -0.39 is 6.10 Å². The Kier molecular flexibility index (Phi) is 4.93. The van der Waals surface area contributed by atoms with Crippen molar-refractivity contribution in [2.24, 2.45) is 0 Å². The number of nitrogens with zero attached hydrogens (tertiary/aromatic N) is 1. The predicted molar refractivity (Wildman–Crippen MR) is 57.3 cm³/mol. The number of hydrogen-bond acceptors (Lipinski definition) is 4. The van der Waals surface area contributed by atoms with Crippen LogP contribution in [0.15, 0.2) is 23.4 Å². The second-order valence-corrected chi connectivity index (χ2v) is 4.15. The molecule has 0 aromatic carbocycles. The maximum atomic E-state index is 9.25. The molecule has 0 fully saturated rings. The molecule has 1 atom stereocenters. The average Bonchev–Trinajstić information content (AvgIpc) is 2.19. The molecule has 0 saturated heterocycles. The molecular weight excluding hydrogens is 198 g/mol. The van der Waals surface area contributed by atoms with E-state index in [4.69, 9.17) is 5.11 Å². The first-order valence-electron chi connectivity index (χ1n) is 4.61. The van der Waals surface area contributed by atoms with Gasteiger partial charge < -0.3 is 10.2 Å². The topological polar surface area (TPSA) is 53.4 Å². The van der Waals surface area contributed by atoms with E-state index in [0.29, 0.717) is 0 Å². The van der Waals surface area contributed by atoms with E-state index in [2.05, 4.69) is 4.98 Å². The second kappa shape index (κ2) is 6.01. The van der Waals surface area contributed by atoms with E-state index in [-0.39, 0.29) is 6.61 Å². The van der Waals surface area contributed by atoms with Gasteiger partial charge in [-0.25, -0.2) is 4.98 Å². The van der Waals surface area contributed by atoms with E-state index in [9.17, 15) is 5.11 Å². The summed E-state index contributed by atoms with van der Waals surface area (Å²) in [5.41, 5.74) is 0.830. The minimum Gasteiger partial charge on any atom is -0.396 e. The molecule has 1 aromatic heterocycles. The van der Waals surface area contributed by atoms with Crippen molar-refractivity contribution in [2.75, 3.05) is 12.4 Å². The molecule has 0 saturated carbocycles. The molecule has 0 unspecified atom stereocenters. The van der Waals surface area contributed by atoms with Crippen molar-refractivity contribution in [1.82, 2.24) is 4.98 Å². The van der Waals surface area contributed by atoms with E-state index in [1.165, 1.54) is 0 Å². The molecule has 2 N–H and O–H groups in total. The average molecular weight is 213 g/mol. The van der Waals surface area contributed by atoms with Gasteiger partial charge in [-0.3, -0.25) is 0 Å². The number of rotatable bonds is 5. The van der Waals surface area contributed by atoms with Gasteiger partial charge in [0.15, 0.2) is 0 Å². The molecule has 78 valence electrons. The summed E-state index contributed by atoms with van der Waals surface area (Å²) in [6, 6.07) is 3.77. The lowest BCUT2D eigenvalue weighted by atomic mass is 10.2. The molecular formula is C10H15NO2S. The summed E-state index contributed by atoms with van der Waals surface area (Å²) in [5.74, 6) is 0.873. The summed E-state index contributed by atoms with van der Waals surface area (Å²) in [4.78, 5) is 4.19. The Morgan fingerprint density at radius 1 is 1.50 bits per heavy atom. The highest BCUT2D eigenvalue weighted by molar-refractivity contribution is 7.99. The first kappa shape index (κ1) is 11.5. The number of pyridine rings is 1. The number of thioether (sulfide) groups is 1. The van der Waals surface area contributed by atoms with Crippen LogP contribution in [0.3, 0.4) is 0 Å². The van der Waals surface area contributed by atoms with Crippen molar-refractivity contribution in [2.45, 2.75) is 24.5 Å². The zero-order chi connectivity index (χ0) is 10.4. The van der Waals surface area contributed by atoms with Crippen LogP contribution in [0.2, 0.25) is 0 Å². The molecule has 3 nitrogen and oxygen atoms in total. The fraction of sp³-hybridized carbons (Fsp3) is 0.500. The third-order valence-corrected chi connectivity index (χ3v) is 2.82. The summed E-state index contributed by atoms with van der Waals surface area (Å²) < 4.78 is 0. The normalized spacial score (nSPS) is 12.8. The van der Waals surface area contributed by atoms with Gasteiger partial charge in [0.1, 0.15) is 0 Å². The molecule has 0 spiro atoms. The highest BCUT2D eigenvalue weighted by atomic mass is 32.2. The number of aromatic nitrogens is 1. The summed E-state index contributed by atoms with van der Waals surface area (Å²) in [6.45, 7) is 1.94. The van der Waals surface area contributed by atoms with Crippen molar-refractivity contribution in [3.8, 4) is 0 Å². The Morgan fingerprint density at radius 2 is 2.29 bits per heavy atom. The molecule has 0 amide bonds. The van der Waals surface area contributed by atoms with Crippen molar-refractivity contribution in [3.05, 3.63) is 23.9 Å². The van der Waals surface area contributed by atoms with Gasteiger partial charge in [0.2, 0.25) is 0 Å². The Labute approximate surface area is 88.2 Å². The summed E-state index contributed by atoms with van der Waals surface area (Å²) >= 11 is 1.61. The first-order chi connectivity index (χ1) is 6.74. The molecule has 0 radical (unpaired) electrons. The van der Waals surface area contributed by atoms with E-state index in [1.54, 1.807) is 24.9 Å². The highest BCUT2D eigenvalue weighted by Crippen LogP contribution is 2.18. The van der Waals surface area contributed by atoms with Crippen molar-refractivity contribution < 1.29 is 10.2 Å². The van der Waals surface area contributed by atoms with Crippen molar-refractivity contribution in [3.63, 3.8) is 0 Å². The quantitative estimate of drug-likeness (QED) is 0.576. The first-order valence-corrected chi connectivity index (χ1v) is 5.60. The van der Waals surface area contributed by atoms with Crippen LogP contribution in [0.4, 0.5) is 0 Å². The van der Waals surface area contributed by atoms with Crippen LogP contribution in [0.5, 0.6) is 0 Å². The van der Waals surface area contributed by atoms with Gasteiger partial charge >= 0.3 is 0 Å². The molecule has 1 aromatic rings. The Hall–Kier alpha value is -0.580. The Morgan fingerprint density at radius 3 is 2.79 bits per heavy atom. The summed E-state index contributed by atoms with van der Waals surface area (Å²) in [5, 5.41) is 18.8. The largest absolute Gasteiger partial charge is 0.396 e. The van der Waals surface area contributed by atoms with Gasteiger partial charge in [0.25, 0.3) is 0 Å². The molecule has 1 heterocycles. The van der Waals surface area contributed by atoms with E-state index in [1.807, 2.05) is 12.1 Å². The van der Waals surface area contributed by atoms with Gasteiger partial charge in [-0.1, -0.05) is 6.07 Å². The Balaban J connectivity index is 2.47. The van der Waals surface area contributed by atoms with Crippen LogP contribution >= 0.6 is 11.8 Å². The molecule has 0 aliphatic carbocycles. The maximum Gasteiger partial charge on any atom is 0.0960 e. The Bertz CT molecular complexity index is 261. The van der Waals surface area contributed by atoms with Gasteiger partial charge in [0, 0.05) is 18.6 Å². The van der Waals surface area contributed by atoms with Crippen LogP contribution < -0.4 is 0 Å². The lowest BCUT2D eigenvalue weighted by molar-refractivity contribution is 0.198. The van der Waals surface area contributed by atoms with E-state index in [0.717, 1.165) is 22.8 Å². The molecule has 0 aliphatic heterocycles. The standard InChI is InChI=1S/C10H15NO2S/c1-8(13)9-3-4-10(11-7-9)14-6-2-5-12/h3-4,7-8,12-13H,2,5-6H2,1H3/t8-/m0/s1. The lowest BCUT2D eigenvalue weighted by Gasteiger charge is -2.04. The summed E-state index contributed by atoms with van der Waals surface area (Å²) in [7, 11) is 0. The third kappa shape index (κ3) is 3.65. The SMILES string of the molecule is C[C@H](O)c1ccc(SCCCO)nc1. The van der Waals surface area contributed by atoms with Crippen molar-refractivity contribution in [1.29, 1.82) is 0 Å². The fourth-order valence-electron chi connectivity index (χ4n) is 0.966. The van der Waals surface area contributed by atoms with Gasteiger partial charge in [-0.15, -0.1) is 11.8 Å². The highest BCUT2D eigenvalue weighted by Gasteiger charge is 2.01. The van der Waals surface area contributed by atoms with Gasteiger partial charge in [-0.05, 0) is 25.0 Å². The fourth-order valence-corrected chi connectivity index (χ4v) is 1.74. The number of hydrogen-bond donors (Lipinski definition) is 2. The maximum absolute atomic E-state index is 9.25. The third-order valence-electron chi connectivity index (χ3n) is 1.79. The molecule has 1 rings (SSSR count). The zero-order valence-corrected chi connectivity index (χ0v) is 9.00. The van der Waals surface area contributed by atoms with Crippen LogP contribution in [0, 0.1) is 0 Å². The van der Waals surface area contributed by atoms with Crippen LogP contribution in [-0.2, 0) is 0 Å². The minimum atomic E-state index is -0.459. The molecule has 14 heavy (non-hydrogen) atoms. The smallest absolute Gasteiger partial charge is 0.0960 e. The van der Waals surface area contributed by atoms with Crippen LogP contribution in [-0.4, -0.2) is 27.6 Å². The van der Waals surface area contributed by atoms with Crippen molar-refractivity contribution >= 4 is 11.8 Å². The number of aliphatic hydroxyl groups is 2. The van der Waals surface area contributed by atoms with Gasteiger partial charge in [0.05, 0.1) is 11.1 Å². The lowest BCUT2D eigenvalue weighted by Crippen LogP contribution is -1.93. The molecule has 0 bridgehead atoms. The van der Waals surface area contributed by atoms with Crippen LogP contribution in [0.1, 0.15) is 25.0 Å². The minimum absolute atomic E-state index is 0.221. The predicted octanol–water partition coefficient (Wildman–Crippen LogP) is 1.61. The second-order valence-electron chi connectivity index (χ2n) is 3.03. The summed E-state index contributed by atoms with van der Waals surface area (Å²) in [6.07, 6.45) is 2.01. The van der Waals surface area contributed by atoms with Gasteiger partial charge in [-0.2, -0.15) is 0 Å². The molecule has 0 aliphatic rings. The van der Waals surface area contributed by atoms with E-state index >= 15 is 0 Å². The van der Waals surface area contributed by atoms with Crippen LogP contribution in [0.25, 0.3) is 0 Å². The number of aliphatic hydroxyl groups excluding tert-OH is 2. The monoisotopic (exact) mass is 213 g/mol.